The van der Waals surface area contributed by atoms with Gasteiger partial charge in [0.2, 0.25) is 5.91 Å². The van der Waals surface area contributed by atoms with E-state index in [1.165, 1.54) is 4.90 Å². The molecular weight excluding hydrogens is 444 g/mol. The molecule has 180 valence electrons. The summed E-state index contributed by atoms with van der Waals surface area (Å²) >= 11 is 0. The molecule has 0 aromatic heterocycles. The van der Waals surface area contributed by atoms with Crippen molar-refractivity contribution in [2.45, 2.75) is 39.2 Å². The predicted octanol–water partition coefficient (Wildman–Crippen LogP) is 4.49. The van der Waals surface area contributed by atoms with Crippen molar-refractivity contribution in [3.63, 3.8) is 0 Å². The zero-order valence-electron chi connectivity index (χ0n) is 19.7. The van der Waals surface area contributed by atoms with Crippen LogP contribution in [0.4, 0.5) is 0 Å². The van der Waals surface area contributed by atoms with Crippen molar-refractivity contribution in [1.29, 1.82) is 0 Å². The summed E-state index contributed by atoms with van der Waals surface area (Å²) in [6, 6.07) is 18.0. The molecule has 3 aromatic rings. The molecule has 0 unspecified atom stereocenters. The van der Waals surface area contributed by atoms with Crippen LogP contribution < -0.4 is 5.32 Å². The average Bonchev–Trinajstić information content (AvgIpc) is 2.88. The van der Waals surface area contributed by atoms with Crippen LogP contribution in [0.2, 0.25) is 0 Å². The molecule has 0 bridgehead atoms. The van der Waals surface area contributed by atoms with Crippen LogP contribution in [0.1, 0.15) is 69.2 Å². The molecule has 35 heavy (non-hydrogen) atoms. The summed E-state index contributed by atoms with van der Waals surface area (Å²) in [6.45, 7) is 2.79. The number of unbranched alkanes of at least 4 members (excludes halogenated alkanes) is 2. The van der Waals surface area contributed by atoms with E-state index in [4.69, 9.17) is 4.74 Å². The molecular formula is C28H28N2O5. The maximum atomic E-state index is 12.9. The molecule has 1 N–H and O–H groups in total. The molecule has 7 heteroatoms. The second-order valence-electron chi connectivity index (χ2n) is 8.48. The molecule has 1 aliphatic rings. The molecule has 3 aromatic carbocycles. The fourth-order valence-corrected chi connectivity index (χ4v) is 4.28. The van der Waals surface area contributed by atoms with Gasteiger partial charge in [-0.25, -0.2) is 4.79 Å². The summed E-state index contributed by atoms with van der Waals surface area (Å²) in [7, 11) is 0. The van der Waals surface area contributed by atoms with Crippen LogP contribution >= 0.6 is 0 Å². The Labute approximate surface area is 204 Å². The minimum absolute atomic E-state index is 0.0646. The number of hydrogen-bond acceptors (Lipinski definition) is 5. The summed E-state index contributed by atoms with van der Waals surface area (Å²) in [4.78, 5) is 51.0. The van der Waals surface area contributed by atoms with Gasteiger partial charge in [-0.2, -0.15) is 0 Å². The van der Waals surface area contributed by atoms with Crippen LogP contribution in [0.3, 0.4) is 0 Å². The highest BCUT2D eigenvalue weighted by atomic mass is 16.5. The molecule has 4 rings (SSSR count). The van der Waals surface area contributed by atoms with Gasteiger partial charge < -0.3 is 10.1 Å². The van der Waals surface area contributed by atoms with E-state index in [9.17, 15) is 19.2 Å². The Morgan fingerprint density at radius 2 is 1.51 bits per heavy atom. The predicted molar refractivity (Wildman–Crippen MR) is 132 cm³/mol. The number of rotatable bonds is 10. The topological polar surface area (TPSA) is 92.8 Å². The van der Waals surface area contributed by atoms with Gasteiger partial charge in [-0.05, 0) is 55.0 Å². The van der Waals surface area contributed by atoms with E-state index >= 15 is 0 Å². The van der Waals surface area contributed by atoms with E-state index in [-0.39, 0.29) is 23.7 Å². The van der Waals surface area contributed by atoms with Crippen LogP contribution in [-0.2, 0) is 16.1 Å². The molecule has 0 aliphatic carbocycles. The quantitative estimate of drug-likeness (QED) is 0.267. The molecule has 0 radical (unpaired) electrons. The van der Waals surface area contributed by atoms with E-state index in [0.29, 0.717) is 55.6 Å². The number of carbonyl (C=O) groups is 4. The number of benzene rings is 3. The molecule has 0 saturated carbocycles. The van der Waals surface area contributed by atoms with Gasteiger partial charge in [0.05, 0.1) is 12.2 Å². The van der Waals surface area contributed by atoms with Crippen molar-refractivity contribution < 1.29 is 23.9 Å². The Hall–Kier alpha value is -4.00. The van der Waals surface area contributed by atoms with Crippen molar-refractivity contribution in [2.75, 3.05) is 13.2 Å². The zero-order chi connectivity index (χ0) is 24.8. The normalized spacial score (nSPS) is 12.7. The smallest absolute Gasteiger partial charge is 0.338 e. The Bertz CT molecular complexity index is 1220. The number of hydrogen-bond donors (Lipinski definition) is 1. The van der Waals surface area contributed by atoms with Gasteiger partial charge in [0.25, 0.3) is 11.8 Å². The Morgan fingerprint density at radius 1 is 0.857 bits per heavy atom. The lowest BCUT2D eigenvalue weighted by Crippen LogP contribution is -2.40. The van der Waals surface area contributed by atoms with Crippen molar-refractivity contribution >= 4 is 34.5 Å². The lowest BCUT2D eigenvalue weighted by Gasteiger charge is -2.27. The van der Waals surface area contributed by atoms with E-state index in [1.807, 2.05) is 24.3 Å². The van der Waals surface area contributed by atoms with Gasteiger partial charge in [-0.3, -0.25) is 19.3 Å². The third-order valence-electron chi connectivity index (χ3n) is 6.10. The zero-order valence-corrected chi connectivity index (χ0v) is 19.7. The third kappa shape index (κ3) is 5.40. The molecule has 0 saturated heterocycles. The first-order valence-corrected chi connectivity index (χ1v) is 11.9. The molecule has 0 atom stereocenters. The van der Waals surface area contributed by atoms with Crippen LogP contribution in [0.15, 0.2) is 60.7 Å². The maximum absolute atomic E-state index is 12.9. The largest absolute Gasteiger partial charge is 0.462 e. The number of nitrogens with one attached hydrogen (secondary N) is 1. The molecule has 0 spiro atoms. The molecule has 0 fully saturated rings. The van der Waals surface area contributed by atoms with E-state index < -0.39 is 0 Å². The van der Waals surface area contributed by atoms with Gasteiger partial charge in [-0.15, -0.1) is 0 Å². The lowest BCUT2D eigenvalue weighted by molar-refractivity contribution is -0.121. The molecule has 7 nitrogen and oxygen atoms in total. The maximum Gasteiger partial charge on any atom is 0.338 e. The number of imide groups is 1. The van der Waals surface area contributed by atoms with E-state index in [0.717, 1.165) is 22.8 Å². The average molecular weight is 473 g/mol. The molecule has 3 amide bonds. The van der Waals surface area contributed by atoms with Gasteiger partial charge in [0.15, 0.2) is 0 Å². The summed E-state index contributed by atoms with van der Waals surface area (Å²) in [6.07, 6.45) is 2.39. The number of esters is 1. The lowest BCUT2D eigenvalue weighted by atomic mass is 9.94. The highest BCUT2D eigenvalue weighted by Gasteiger charge is 2.32. The fraction of sp³-hybridized carbons (Fsp3) is 0.286. The van der Waals surface area contributed by atoms with Crippen molar-refractivity contribution in [3.8, 4) is 0 Å². The Kier molecular flexibility index (Phi) is 7.55. The summed E-state index contributed by atoms with van der Waals surface area (Å²) < 4.78 is 4.96. The monoisotopic (exact) mass is 472 g/mol. The summed E-state index contributed by atoms with van der Waals surface area (Å²) in [5.74, 6) is -0.945. The number of ether oxygens (including phenoxy) is 1. The first-order valence-electron chi connectivity index (χ1n) is 11.9. The standard InChI is InChI=1S/C28H28N2O5/c1-2-35-28(34)21-15-13-19(14-16-21)18-29-24(31)12-4-3-5-17-30-26(32)22-10-6-8-20-9-7-11-23(25(20)22)27(30)33/h6-11,13-16H,2-5,12,17-18H2,1H3,(H,29,31). The van der Waals surface area contributed by atoms with Crippen molar-refractivity contribution in [2.24, 2.45) is 0 Å². The molecule has 1 aliphatic heterocycles. The SMILES string of the molecule is CCOC(=O)c1ccc(CNC(=O)CCCCCN2C(=O)c3cccc4cccc(c34)C2=O)cc1. The van der Waals surface area contributed by atoms with Crippen molar-refractivity contribution in [3.05, 3.63) is 82.9 Å². The van der Waals surface area contributed by atoms with Gasteiger partial charge in [-0.1, -0.05) is 42.8 Å². The van der Waals surface area contributed by atoms with E-state index in [1.54, 1.807) is 43.3 Å². The minimum atomic E-state index is -0.364. The van der Waals surface area contributed by atoms with Crippen LogP contribution in [0, 0.1) is 0 Å². The van der Waals surface area contributed by atoms with Gasteiger partial charge in [0, 0.05) is 36.0 Å². The second kappa shape index (κ2) is 11.0. The van der Waals surface area contributed by atoms with Gasteiger partial charge in [0.1, 0.15) is 0 Å². The number of nitrogens with zero attached hydrogens (tertiary/aromatic N) is 1. The van der Waals surface area contributed by atoms with Crippen LogP contribution in [-0.4, -0.2) is 41.7 Å². The number of carbonyl (C=O) groups excluding carboxylic acids is 4. The summed E-state index contributed by atoms with van der Waals surface area (Å²) in [5.41, 5.74) is 2.50. The van der Waals surface area contributed by atoms with Crippen LogP contribution in [0.5, 0.6) is 0 Å². The Balaban J connectivity index is 1.20. The third-order valence-corrected chi connectivity index (χ3v) is 6.10. The fourth-order valence-electron chi connectivity index (χ4n) is 4.28. The highest BCUT2D eigenvalue weighted by Crippen LogP contribution is 2.30. The van der Waals surface area contributed by atoms with Crippen molar-refractivity contribution in [1.82, 2.24) is 10.2 Å². The van der Waals surface area contributed by atoms with Gasteiger partial charge >= 0.3 is 5.97 Å². The highest BCUT2D eigenvalue weighted by molar-refractivity contribution is 6.25. The van der Waals surface area contributed by atoms with Crippen LogP contribution in [0.25, 0.3) is 10.8 Å². The molecule has 1 heterocycles. The number of amides is 3. The van der Waals surface area contributed by atoms with E-state index in [2.05, 4.69) is 5.32 Å². The Morgan fingerprint density at radius 3 is 2.14 bits per heavy atom. The second-order valence-corrected chi connectivity index (χ2v) is 8.48. The minimum Gasteiger partial charge on any atom is -0.462 e. The summed E-state index contributed by atoms with van der Waals surface area (Å²) in [5, 5.41) is 4.50. The first-order chi connectivity index (χ1) is 17.0. The first kappa shape index (κ1) is 24.1.